The molecule has 0 spiro atoms. The highest BCUT2D eigenvalue weighted by Crippen LogP contribution is 2.12. The molecule has 61 heavy (non-hydrogen) atoms. The fraction of sp³-hybridized carbons (Fsp3) is 0.691. The zero-order valence-corrected chi connectivity index (χ0v) is 39.7. The third-order valence-corrected chi connectivity index (χ3v) is 10.4. The van der Waals surface area contributed by atoms with E-state index in [2.05, 4.69) is 106 Å². The Balaban J connectivity index is 4.51. The SMILES string of the molecule is CC/C=C\C/C=C\C/C=C\CCCC(=O)OCC(COC(=O)CCCCC/C=C\C=C/CCCCCCCCC)OC(=O)CCCCC/C=C\C=C/CCCCCCCCC. The molecule has 0 bridgehead atoms. The number of rotatable bonds is 44. The summed E-state index contributed by atoms with van der Waals surface area (Å²) in [5.74, 6) is -1.03. The molecule has 0 aromatic heterocycles. The van der Waals surface area contributed by atoms with Gasteiger partial charge in [-0.3, -0.25) is 14.4 Å². The van der Waals surface area contributed by atoms with Crippen molar-refractivity contribution in [1.29, 1.82) is 0 Å². The van der Waals surface area contributed by atoms with Gasteiger partial charge in [-0.25, -0.2) is 0 Å². The van der Waals surface area contributed by atoms with Crippen LogP contribution in [0.1, 0.15) is 226 Å². The molecule has 0 aromatic rings. The number of ether oxygens (including phenoxy) is 3. The lowest BCUT2D eigenvalue weighted by Gasteiger charge is -2.18. The number of esters is 3. The van der Waals surface area contributed by atoms with Gasteiger partial charge in [0.2, 0.25) is 0 Å². The fourth-order valence-electron chi connectivity index (χ4n) is 6.62. The maximum atomic E-state index is 12.8. The topological polar surface area (TPSA) is 78.9 Å². The third kappa shape index (κ3) is 47.5. The molecule has 0 amide bonds. The standard InChI is InChI=1S/C55H92O6/c1-4-7-10-13-16-19-22-24-26-28-30-33-36-39-42-45-48-54(57)60-51-52(50-59-53(56)47-44-41-38-35-32-21-18-15-12-9-6-3)61-55(58)49-46-43-40-37-34-31-29-27-25-23-20-17-14-11-8-5-2/h9,12,18,21,26-31,33-35,38,52H,4-8,10-11,13-17,19-20,22-25,32,36-37,39-51H2,1-3H3/b12-9-,21-18-,28-26-,29-27-,33-30-,34-31-,38-35-. The van der Waals surface area contributed by atoms with Crippen molar-refractivity contribution in [3.8, 4) is 0 Å². The van der Waals surface area contributed by atoms with Crippen molar-refractivity contribution in [2.24, 2.45) is 0 Å². The Bertz CT molecular complexity index is 1200. The lowest BCUT2D eigenvalue weighted by molar-refractivity contribution is -0.167. The first-order valence-electron chi connectivity index (χ1n) is 25.1. The molecule has 0 heterocycles. The summed E-state index contributed by atoms with van der Waals surface area (Å²) < 4.78 is 16.7. The molecule has 0 aliphatic rings. The second-order valence-electron chi connectivity index (χ2n) is 16.4. The predicted molar refractivity (Wildman–Crippen MR) is 261 cm³/mol. The molecule has 348 valence electrons. The number of unbranched alkanes of at least 4 members (excludes halogenated alkanes) is 21. The van der Waals surface area contributed by atoms with Crippen LogP contribution in [0.5, 0.6) is 0 Å². The predicted octanol–water partition coefficient (Wildman–Crippen LogP) is 16.4. The monoisotopic (exact) mass is 849 g/mol. The van der Waals surface area contributed by atoms with Crippen LogP contribution in [0.25, 0.3) is 0 Å². The Morgan fingerprint density at radius 2 is 0.705 bits per heavy atom. The van der Waals surface area contributed by atoms with Gasteiger partial charge in [0.15, 0.2) is 6.10 Å². The molecule has 6 nitrogen and oxygen atoms in total. The van der Waals surface area contributed by atoms with Gasteiger partial charge in [-0.05, 0) is 96.3 Å². The van der Waals surface area contributed by atoms with E-state index in [-0.39, 0.29) is 44.0 Å². The van der Waals surface area contributed by atoms with Crippen LogP contribution < -0.4 is 0 Å². The van der Waals surface area contributed by atoms with Crippen LogP contribution in [0, 0.1) is 0 Å². The molecule has 1 atom stereocenters. The highest BCUT2D eigenvalue weighted by Gasteiger charge is 2.19. The zero-order chi connectivity index (χ0) is 44.4. The van der Waals surface area contributed by atoms with E-state index in [4.69, 9.17) is 14.2 Å². The van der Waals surface area contributed by atoms with E-state index in [1.807, 2.05) is 0 Å². The number of hydrogen-bond acceptors (Lipinski definition) is 6. The molecule has 0 fully saturated rings. The highest BCUT2D eigenvalue weighted by atomic mass is 16.6. The summed E-state index contributed by atoms with van der Waals surface area (Å²) in [5, 5.41) is 0. The molecule has 0 N–H and O–H groups in total. The minimum absolute atomic E-state index is 0.118. The van der Waals surface area contributed by atoms with E-state index in [1.165, 1.54) is 89.9 Å². The molecule has 0 saturated carbocycles. The van der Waals surface area contributed by atoms with Gasteiger partial charge in [0.1, 0.15) is 13.2 Å². The van der Waals surface area contributed by atoms with Crippen LogP contribution in [0.2, 0.25) is 0 Å². The van der Waals surface area contributed by atoms with Crippen LogP contribution in [0.15, 0.2) is 85.1 Å². The zero-order valence-electron chi connectivity index (χ0n) is 39.7. The minimum atomic E-state index is -0.820. The molecule has 0 aliphatic heterocycles. The first-order valence-corrected chi connectivity index (χ1v) is 25.1. The van der Waals surface area contributed by atoms with Crippen molar-refractivity contribution in [2.75, 3.05) is 13.2 Å². The second kappa shape index (κ2) is 49.2. The first-order chi connectivity index (χ1) is 30.0. The second-order valence-corrected chi connectivity index (χ2v) is 16.4. The molecular weight excluding hydrogens is 757 g/mol. The average molecular weight is 849 g/mol. The van der Waals surface area contributed by atoms with E-state index in [0.717, 1.165) is 89.9 Å². The normalized spacial score (nSPS) is 12.8. The van der Waals surface area contributed by atoms with Gasteiger partial charge in [-0.2, -0.15) is 0 Å². The number of carbonyl (C=O) groups is 3. The summed E-state index contributed by atoms with van der Waals surface area (Å²) in [6, 6.07) is 0. The van der Waals surface area contributed by atoms with Gasteiger partial charge in [0, 0.05) is 19.3 Å². The van der Waals surface area contributed by atoms with Crippen LogP contribution in [0.4, 0.5) is 0 Å². The van der Waals surface area contributed by atoms with Crippen molar-refractivity contribution >= 4 is 17.9 Å². The van der Waals surface area contributed by atoms with Crippen molar-refractivity contribution < 1.29 is 28.6 Å². The van der Waals surface area contributed by atoms with Crippen molar-refractivity contribution in [3.05, 3.63) is 85.1 Å². The number of hydrogen-bond donors (Lipinski definition) is 0. The largest absolute Gasteiger partial charge is 0.462 e. The molecule has 0 aromatic carbocycles. The number of carbonyl (C=O) groups excluding carboxylic acids is 3. The molecule has 0 aliphatic carbocycles. The fourth-order valence-corrected chi connectivity index (χ4v) is 6.62. The highest BCUT2D eigenvalue weighted by molar-refractivity contribution is 5.71. The van der Waals surface area contributed by atoms with Gasteiger partial charge >= 0.3 is 17.9 Å². The molecular formula is C55H92O6. The van der Waals surface area contributed by atoms with Crippen LogP contribution >= 0.6 is 0 Å². The Labute approximate surface area is 375 Å². The molecule has 0 rings (SSSR count). The molecule has 0 saturated heterocycles. The summed E-state index contributed by atoms with van der Waals surface area (Å²) in [6.45, 7) is 6.40. The third-order valence-electron chi connectivity index (χ3n) is 10.4. The molecule has 1 unspecified atom stereocenters. The summed E-state index contributed by atoms with van der Waals surface area (Å²) in [4.78, 5) is 37.8. The van der Waals surface area contributed by atoms with Crippen molar-refractivity contribution in [3.63, 3.8) is 0 Å². The van der Waals surface area contributed by atoms with E-state index in [1.54, 1.807) is 0 Å². The van der Waals surface area contributed by atoms with Crippen molar-refractivity contribution in [2.45, 2.75) is 232 Å². The maximum absolute atomic E-state index is 12.8. The molecule has 0 radical (unpaired) electrons. The van der Waals surface area contributed by atoms with Gasteiger partial charge in [-0.1, -0.05) is 196 Å². The van der Waals surface area contributed by atoms with Crippen LogP contribution in [-0.4, -0.2) is 37.2 Å². The van der Waals surface area contributed by atoms with E-state index in [9.17, 15) is 14.4 Å². The quantitative estimate of drug-likeness (QED) is 0.0200. The Kier molecular flexibility index (Phi) is 46.5. The Morgan fingerprint density at radius 1 is 0.361 bits per heavy atom. The van der Waals surface area contributed by atoms with Gasteiger partial charge in [-0.15, -0.1) is 0 Å². The number of allylic oxidation sites excluding steroid dienone is 14. The van der Waals surface area contributed by atoms with Gasteiger partial charge in [0.25, 0.3) is 0 Å². The maximum Gasteiger partial charge on any atom is 0.306 e. The van der Waals surface area contributed by atoms with Crippen molar-refractivity contribution in [1.82, 2.24) is 0 Å². The van der Waals surface area contributed by atoms with E-state index >= 15 is 0 Å². The summed E-state index contributed by atoms with van der Waals surface area (Å²) in [6.07, 6.45) is 63.0. The van der Waals surface area contributed by atoms with Gasteiger partial charge < -0.3 is 14.2 Å². The summed E-state index contributed by atoms with van der Waals surface area (Å²) >= 11 is 0. The lowest BCUT2D eigenvalue weighted by atomic mass is 10.1. The van der Waals surface area contributed by atoms with Crippen LogP contribution in [-0.2, 0) is 28.6 Å². The Morgan fingerprint density at radius 3 is 1.15 bits per heavy atom. The average Bonchev–Trinajstić information content (AvgIpc) is 3.26. The Hall–Kier alpha value is -3.41. The lowest BCUT2D eigenvalue weighted by Crippen LogP contribution is -2.30. The van der Waals surface area contributed by atoms with Gasteiger partial charge in [0.05, 0.1) is 0 Å². The van der Waals surface area contributed by atoms with Crippen LogP contribution in [0.3, 0.4) is 0 Å². The summed E-state index contributed by atoms with van der Waals surface area (Å²) in [5.41, 5.74) is 0. The van der Waals surface area contributed by atoms with E-state index in [0.29, 0.717) is 12.8 Å². The van der Waals surface area contributed by atoms with E-state index < -0.39 is 6.10 Å². The molecule has 6 heteroatoms. The first kappa shape index (κ1) is 57.6. The smallest absolute Gasteiger partial charge is 0.306 e. The minimum Gasteiger partial charge on any atom is -0.462 e. The summed E-state index contributed by atoms with van der Waals surface area (Å²) in [7, 11) is 0.